The Kier molecular flexibility index (Phi) is 5.92. The van der Waals surface area contributed by atoms with Crippen molar-refractivity contribution in [2.24, 2.45) is 5.92 Å². The fourth-order valence-electron chi connectivity index (χ4n) is 2.93. The predicted molar refractivity (Wildman–Crippen MR) is 88.7 cm³/mol. The van der Waals surface area contributed by atoms with Gasteiger partial charge in [0.1, 0.15) is 0 Å². The minimum atomic E-state index is -0.422. The third-order valence-electron chi connectivity index (χ3n) is 4.18. The van der Waals surface area contributed by atoms with E-state index < -0.39 is 5.92 Å². The molecule has 0 aliphatic carbocycles. The average molecular weight is 324 g/mol. The molecule has 0 radical (unpaired) electrons. The molecule has 0 bridgehead atoms. The first-order chi connectivity index (χ1) is 11.6. The fourth-order valence-corrected chi connectivity index (χ4v) is 2.93. The third kappa shape index (κ3) is 3.91. The number of aryl methyl sites for hydroxylation is 1. The van der Waals surface area contributed by atoms with E-state index in [9.17, 15) is 9.59 Å². The summed E-state index contributed by atoms with van der Waals surface area (Å²) >= 11 is 0. The van der Waals surface area contributed by atoms with E-state index in [0.29, 0.717) is 19.6 Å². The van der Waals surface area contributed by atoms with Crippen molar-refractivity contribution in [1.82, 2.24) is 4.90 Å². The smallest absolute Gasteiger partial charge is 0.228 e. The van der Waals surface area contributed by atoms with Crippen molar-refractivity contribution in [2.45, 2.75) is 26.2 Å². The van der Waals surface area contributed by atoms with E-state index in [1.54, 1.807) is 4.90 Å². The number of hydrogen-bond acceptors (Lipinski definition) is 4. The first kappa shape index (κ1) is 17.5. The second-order valence-corrected chi connectivity index (χ2v) is 5.83. The SMILES string of the molecule is Cc1ccccc1N1CC(C(=O)N(CCC#N)CCC#N)CC1=O. The Hall–Kier alpha value is -2.86. The van der Waals surface area contributed by atoms with Crippen LogP contribution in [-0.4, -0.2) is 36.3 Å². The predicted octanol–water partition coefficient (Wildman–Crippen LogP) is 2.00. The van der Waals surface area contributed by atoms with Crippen molar-refractivity contribution in [3.63, 3.8) is 0 Å². The molecule has 0 saturated carbocycles. The maximum Gasteiger partial charge on any atom is 0.228 e. The maximum absolute atomic E-state index is 12.7. The summed E-state index contributed by atoms with van der Waals surface area (Å²) in [6.07, 6.45) is 0.613. The standard InChI is InChI=1S/C18H20N4O2/c1-14-6-2-3-7-16(14)22-13-15(12-17(22)23)18(24)21(10-4-8-19)11-5-9-20/h2-3,6-7,15H,4-5,10-13H2,1H3. The van der Waals surface area contributed by atoms with E-state index in [2.05, 4.69) is 0 Å². The minimum Gasteiger partial charge on any atom is -0.340 e. The zero-order valence-corrected chi connectivity index (χ0v) is 13.7. The number of nitriles is 2. The van der Waals surface area contributed by atoms with Crippen LogP contribution in [0.15, 0.2) is 24.3 Å². The van der Waals surface area contributed by atoms with Gasteiger partial charge in [-0.1, -0.05) is 18.2 Å². The number of hydrogen-bond donors (Lipinski definition) is 0. The third-order valence-corrected chi connectivity index (χ3v) is 4.18. The monoisotopic (exact) mass is 324 g/mol. The summed E-state index contributed by atoms with van der Waals surface area (Å²) in [7, 11) is 0. The van der Waals surface area contributed by atoms with Crippen LogP contribution in [0, 0.1) is 35.5 Å². The van der Waals surface area contributed by atoms with Crippen LogP contribution in [0.3, 0.4) is 0 Å². The summed E-state index contributed by atoms with van der Waals surface area (Å²) in [5.74, 6) is -0.636. The van der Waals surface area contributed by atoms with Gasteiger partial charge in [-0.3, -0.25) is 9.59 Å². The highest BCUT2D eigenvalue weighted by Crippen LogP contribution is 2.28. The zero-order valence-electron chi connectivity index (χ0n) is 13.7. The number of carbonyl (C=O) groups is 2. The van der Waals surface area contributed by atoms with Crippen LogP contribution >= 0.6 is 0 Å². The molecule has 2 rings (SSSR count). The lowest BCUT2D eigenvalue weighted by atomic mass is 10.1. The molecular weight excluding hydrogens is 304 g/mol. The first-order valence-electron chi connectivity index (χ1n) is 7.97. The van der Waals surface area contributed by atoms with Gasteiger partial charge in [-0.2, -0.15) is 10.5 Å². The highest BCUT2D eigenvalue weighted by atomic mass is 16.2. The Morgan fingerprint density at radius 1 is 1.25 bits per heavy atom. The summed E-state index contributed by atoms with van der Waals surface area (Å²) in [5.41, 5.74) is 1.82. The van der Waals surface area contributed by atoms with Crippen molar-refractivity contribution in [3.05, 3.63) is 29.8 Å². The second-order valence-electron chi connectivity index (χ2n) is 5.83. The van der Waals surface area contributed by atoms with Gasteiger partial charge in [0, 0.05) is 31.7 Å². The molecule has 2 amide bonds. The van der Waals surface area contributed by atoms with Crippen LogP contribution < -0.4 is 4.90 Å². The molecule has 1 fully saturated rings. The molecule has 1 saturated heterocycles. The van der Waals surface area contributed by atoms with E-state index in [1.165, 1.54) is 4.90 Å². The van der Waals surface area contributed by atoms with Crippen molar-refractivity contribution < 1.29 is 9.59 Å². The average Bonchev–Trinajstić information content (AvgIpc) is 2.96. The lowest BCUT2D eigenvalue weighted by Gasteiger charge is -2.24. The Balaban J connectivity index is 2.11. The van der Waals surface area contributed by atoms with Crippen LogP contribution in [-0.2, 0) is 9.59 Å². The number of rotatable bonds is 6. The van der Waals surface area contributed by atoms with Crippen molar-refractivity contribution >= 4 is 17.5 Å². The van der Waals surface area contributed by atoms with Crippen LogP contribution in [0.2, 0.25) is 0 Å². The summed E-state index contributed by atoms with van der Waals surface area (Å²) in [5, 5.41) is 17.5. The Labute approximate surface area is 141 Å². The summed E-state index contributed by atoms with van der Waals surface area (Å²) in [6.45, 7) is 2.88. The molecule has 6 heteroatoms. The highest BCUT2D eigenvalue weighted by Gasteiger charge is 2.37. The molecule has 1 aliphatic rings. The zero-order chi connectivity index (χ0) is 17.5. The Morgan fingerprint density at radius 3 is 2.46 bits per heavy atom. The number of nitrogens with zero attached hydrogens (tertiary/aromatic N) is 4. The van der Waals surface area contributed by atoms with Crippen LogP contribution in [0.5, 0.6) is 0 Å². The summed E-state index contributed by atoms with van der Waals surface area (Å²) in [4.78, 5) is 28.2. The molecule has 1 heterocycles. The molecule has 1 atom stereocenters. The molecule has 24 heavy (non-hydrogen) atoms. The topological polar surface area (TPSA) is 88.2 Å². The molecule has 1 unspecified atom stereocenters. The van der Waals surface area contributed by atoms with Crippen molar-refractivity contribution in [2.75, 3.05) is 24.5 Å². The van der Waals surface area contributed by atoms with E-state index in [1.807, 2.05) is 43.3 Å². The Bertz CT molecular complexity index is 684. The molecule has 1 aromatic carbocycles. The fraction of sp³-hybridized carbons (Fsp3) is 0.444. The van der Waals surface area contributed by atoms with E-state index >= 15 is 0 Å². The quantitative estimate of drug-likeness (QED) is 0.800. The van der Waals surface area contributed by atoms with E-state index in [0.717, 1.165) is 11.3 Å². The lowest BCUT2D eigenvalue weighted by molar-refractivity contribution is -0.135. The molecule has 6 nitrogen and oxygen atoms in total. The first-order valence-corrected chi connectivity index (χ1v) is 7.97. The van der Waals surface area contributed by atoms with E-state index in [4.69, 9.17) is 10.5 Å². The molecular formula is C18H20N4O2. The summed E-state index contributed by atoms with van der Waals surface area (Å²) < 4.78 is 0. The molecule has 1 aliphatic heterocycles. The largest absolute Gasteiger partial charge is 0.340 e. The van der Waals surface area contributed by atoms with Gasteiger partial charge in [-0.05, 0) is 18.6 Å². The van der Waals surface area contributed by atoms with Gasteiger partial charge in [0.15, 0.2) is 0 Å². The Morgan fingerprint density at radius 2 is 1.88 bits per heavy atom. The van der Waals surface area contributed by atoms with Crippen molar-refractivity contribution in [1.29, 1.82) is 10.5 Å². The lowest BCUT2D eigenvalue weighted by Crippen LogP contribution is -2.38. The normalized spacial score (nSPS) is 16.5. The van der Waals surface area contributed by atoms with Gasteiger partial charge in [0.05, 0.1) is 30.9 Å². The number of amides is 2. The van der Waals surface area contributed by atoms with Crippen LogP contribution in [0.4, 0.5) is 5.69 Å². The molecule has 1 aromatic rings. The van der Waals surface area contributed by atoms with Gasteiger partial charge in [0.25, 0.3) is 0 Å². The van der Waals surface area contributed by atoms with Crippen molar-refractivity contribution in [3.8, 4) is 12.1 Å². The van der Waals surface area contributed by atoms with Gasteiger partial charge in [-0.25, -0.2) is 0 Å². The molecule has 0 spiro atoms. The van der Waals surface area contributed by atoms with Crippen LogP contribution in [0.1, 0.15) is 24.8 Å². The number of benzene rings is 1. The van der Waals surface area contributed by atoms with Gasteiger partial charge in [-0.15, -0.1) is 0 Å². The van der Waals surface area contributed by atoms with Gasteiger partial charge < -0.3 is 9.80 Å². The minimum absolute atomic E-state index is 0.0665. The second kappa shape index (κ2) is 8.12. The number of anilines is 1. The van der Waals surface area contributed by atoms with E-state index in [-0.39, 0.29) is 31.1 Å². The highest BCUT2D eigenvalue weighted by molar-refractivity contribution is 6.00. The number of para-hydroxylation sites is 1. The summed E-state index contributed by atoms with van der Waals surface area (Å²) in [6, 6.07) is 11.6. The molecule has 124 valence electrons. The van der Waals surface area contributed by atoms with Crippen LogP contribution in [0.25, 0.3) is 0 Å². The molecule has 0 N–H and O–H groups in total. The van der Waals surface area contributed by atoms with Gasteiger partial charge in [0.2, 0.25) is 11.8 Å². The van der Waals surface area contributed by atoms with Gasteiger partial charge >= 0.3 is 0 Å². The molecule has 0 aromatic heterocycles. The maximum atomic E-state index is 12.7. The number of carbonyl (C=O) groups excluding carboxylic acids is 2.